The van der Waals surface area contributed by atoms with E-state index in [1.807, 2.05) is 73.6 Å². The van der Waals surface area contributed by atoms with Crippen molar-refractivity contribution < 1.29 is 9.53 Å². The first-order valence-corrected chi connectivity index (χ1v) is 8.72. The highest BCUT2D eigenvalue weighted by Gasteiger charge is 2.22. The van der Waals surface area contributed by atoms with Crippen molar-refractivity contribution in [1.82, 2.24) is 4.98 Å². The molecule has 1 aromatic heterocycles. The molecule has 0 radical (unpaired) electrons. The summed E-state index contributed by atoms with van der Waals surface area (Å²) in [5, 5.41) is 0. The molecule has 5 heteroatoms. The Labute approximate surface area is 159 Å². The molecule has 1 amide bonds. The second kappa shape index (κ2) is 8.36. The number of ether oxygens (including phenoxy) is 1. The van der Waals surface area contributed by atoms with Gasteiger partial charge in [-0.1, -0.05) is 30.3 Å². The van der Waals surface area contributed by atoms with Gasteiger partial charge in [-0.3, -0.25) is 9.69 Å². The van der Waals surface area contributed by atoms with Crippen molar-refractivity contribution in [3.63, 3.8) is 0 Å². The maximum absolute atomic E-state index is 13.3. The lowest BCUT2D eigenvalue weighted by atomic mass is 10.1. The summed E-state index contributed by atoms with van der Waals surface area (Å²) in [4.78, 5) is 21.4. The van der Waals surface area contributed by atoms with E-state index in [0.717, 1.165) is 11.3 Å². The van der Waals surface area contributed by atoms with Gasteiger partial charge in [-0.25, -0.2) is 4.98 Å². The zero-order valence-electron chi connectivity index (χ0n) is 15.8. The van der Waals surface area contributed by atoms with Crippen LogP contribution in [0.4, 0.5) is 11.5 Å². The Morgan fingerprint density at radius 3 is 2.30 bits per heavy atom. The van der Waals surface area contributed by atoms with E-state index >= 15 is 0 Å². The molecule has 3 rings (SSSR count). The fourth-order valence-electron chi connectivity index (χ4n) is 2.82. The Hall–Kier alpha value is -3.34. The van der Waals surface area contributed by atoms with Crippen molar-refractivity contribution >= 4 is 17.4 Å². The fraction of sp³-hybridized carbons (Fsp3) is 0.182. The molecule has 0 unspecified atom stereocenters. The van der Waals surface area contributed by atoms with Gasteiger partial charge in [0.15, 0.2) is 0 Å². The summed E-state index contributed by atoms with van der Waals surface area (Å²) in [6.45, 7) is 0.418. The van der Waals surface area contributed by atoms with Gasteiger partial charge in [-0.15, -0.1) is 0 Å². The number of amides is 1. The van der Waals surface area contributed by atoms with Gasteiger partial charge in [0.05, 0.1) is 19.2 Å². The van der Waals surface area contributed by atoms with Crippen LogP contribution < -0.4 is 14.5 Å². The molecule has 0 spiro atoms. The zero-order chi connectivity index (χ0) is 19.2. The first kappa shape index (κ1) is 18.5. The van der Waals surface area contributed by atoms with Gasteiger partial charge in [0.25, 0.3) is 5.91 Å². The van der Waals surface area contributed by atoms with Crippen molar-refractivity contribution in [3.05, 3.63) is 84.1 Å². The quantitative estimate of drug-likeness (QED) is 0.666. The van der Waals surface area contributed by atoms with Gasteiger partial charge < -0.3 is 9.64 Å². The number of benzene rings is 2. The van der Waals surface area contributed by atoms with Crippen LogP contribution in [0.2, 0.25) is 0 Å². The maximum Gasteiger partial charge on any atom is 0.263 e. The number of methoxy groups -OCH3 is 1. The minimum absolute atomic E-state index is 0.150. The van der Waals surface area contributed by atoms with E-state index in [2.05, 4.69) is 4.98 Å². The number of para-hydroxylation sites is 1. The van der Waals surface area contributed by atoms with Crippen LogP contribution in [0.1, 0.15) is 15.9 Å². The normalized spacial score (nSPS) is 10.3. The van der Waals surface area contributed by atoms with Gasteiger partial charge in [-0.05, 0) is 42.0 Å². The Bertz CT molecular complexity index is 893. The number of rotatable bonds is 6. The third kappa shape index (κ3) is 4.26. The number of anilines is 2. The summed E-state index contributed by atoms with van der Waals surface area (Å²) in [5.41, 5.74) is 2.64. The van der Waals surface area contributed by atoms with Crippen molar-refractivity contribution in [3.8, 4) is 5.75 Å². The molecule has 0 aliphatic rings. The molecule has 0 aliphatic heterocycles. The smallest absolute Gasteiger partial charge is 0.263 e. The standard InChI is InChI=1S/C22H23N3O2/c1-24(2)18-13-11-17(12-14-18)16-25(21-10-6-7-15-23-21)22(26)19-8-4-5-9-20(19)27-3/h4-15H,16H2,1-3H3. The minimum Gasteiger partial charge on any atom is -0.496 e. The van der Waals surface area contributed by atoms with Gasteiger partial charge >= 0.3 is 0 Å². The molecule has 0 fully saturated rings. The molecule has 1 heterocycles. The van der Waals surface area contributed by atoms with E-state index in [9.17, 15) is 4.79 Å². The number of nitrogens with zero attached hydrogens (tertiary/aromatic N) is 3. The first-order valence-electron chi connectivity index (χ1n) is 8.72. The van der Waals surface area contributed by atoms with Crippen LogP contribution in [-0.2, 0) is 6.54 Å². The maximum atomic E-state index is 13.3. The van der Waals surface area contributed by atoms with Crippen molar-refractivity contribution in [2.75, 3.05) is 31.0 Å². The number of aromatic nitrogens is 1. The highest BCUT2D eigenvalue weighted by molar-refractivity contribution is 6.07. The van der Waals surface area contributed by atoms with Crippen LogP contribution in [0.15, 0.2) is 72.9 Å². The molecule has 5 nitrogen and oxygen atoms in total. The summed E-state index contributed by atoms with van der Waals surface area (Å²) < 4.78 is 5.37. The number of carbonyl (C=O) groups is 1. The lowest BCUT2D eigenvalue weighted by Crippen LogP contribution is -2.31. The minimum atomic E-state index is -0.150. The molecule has 0 N–H and O–H groups in total. The number of hydrogen-bond acceptors (Lipinski definition) is 4. The van der Waals surface area contributed by atoms with Crippen LogP contribution in [-0.4, -0.2) is 32.1 Å². The molecular weight excluding hydrogens is 338 g/mol. The van der Waals surface area contributed by atoms with E-state index < -0.39 is 0 Å². The van der Waals surface area contributed by atoms with Crippen molar-refractivity contribution in [2.24, 2.45) is 0 Å². The lowest BCUT2D eigenvalue weighted by Gasteiger charge is -2.23. The summed E-state index contributed by atoms with van der Waals surface area (Å²) in [5.74, 6) is 0.999. The van der Waals surface area contributed by atoms with E-state index in [1.165, 1.54) is 0 Å². The van der Waals surface area contributed by atoms with Crippen LogP contribution in [0.25, 0.3) is 0 Å². The molecule has 27 heavy (non-hydrogen) atoms. The van der Waals surface area contributed by atoms with Crippen LogP contribution in [0, 0.1) is 0 Å². The molecule has 0 atom stereocenters. The van der Waals surface area contributed by atoms with E-state index in [-0.39, 0.29) is 5.91 Å². The summed E-state index contributed by atoms with van der Waals surface area (Å²) in [6, 6.07) is 20.9. The first-order chi connectivity index (χ1) is 13.1. The molecule has 3 aromatic rings. The second-order valence-electron chi connectivity index (χ2n) is 6.34. The van der Waals surface area contributed by atoms with Crippen molar-refractivity contribution in [2.45, 2.75) is 6.54 Å². The van der Waals surface area contributed by atoms with E-state index in [4.69, 9.17) is 4.74 Å². The van der Waals surface area contributed by atoms with E-state index in [1.54, 1.807) is 30.3 Å². The number of hydrogen-bond donors (Lipinski definition) is 0. The van der Waals surface area contributed by atoms with Gasteiger partial charge in [0.2, 0.25) is 0 Å². The number of carbonyl (C=O) groups excluding carboxylic acids is 1. The Morgan fingerprint density at radius 1 is 0.963 bits per heavy atom. The number of pyridine rings is 1. The van der Waals surface area contributed by atoms with Crippen LogP contribution in [0.3, 0.4) is 0 Å². The van der Waals surface area contributed by atoms with Gasteiger partial charge in [0.1, 0.15) is 11.6 Å². The predicted octanol–water partition coefficient (Wildman–Crippen LogP) is 4.00. The molecule has 0 bridgehead atoms. The van der Waals surface area contributed by atoms with Gasteiger partial charge in [-0.2, -0.15) is 0 Å². The van der Waals surface area contributed by atoms with Crippen LogP contribution in [0.5, 0.6) is 5.75 Å². The predicted molar refractivity (Wildman–Crippen MR) is 109 cm³/mol. The Morgan fingerprint density at radius 2 is 1.67 bits per heavy atom. The highest BCUT2D eigenvalue weighted by atomic mass is 16.5. The van der Waals surface area contributed by atoms with E-state index in [0.29, 0.717) is 23.7 Å². The third-order valence-corrected chi connectivity index (χ3v) is 4.30. The molecule has 138 valence electrons. The SMILES string of the molecule is COc1ccccc1C(=O)N(Cc1ccc(N(C)C)cc1)c1ccccn1. The molecule has 0 aliphatic carbocycles. The summed E-state index contributed by atoms with van der Waals surface area (Å²) in [6.07, 6.45) is 1.69. The lowest BCUT2D eigenvalue weighted by molar-refractivity contribution is 0.0981. The fourth-order valence-corrected chi connectivity index (χ4v) is 2.82. The third-order valence-electron chi connectivity index (χ3n) is 4.30. The highest BCUT2D eigenvalue weighted by Crippen LogP contribution is 2.24. The zero-order valence-corrected chi connectivity index (χ0v) is 15.8. The average molecular weight is 361 g/mol. The topological polar surface area (TPSA) is 45.7 Å². The molecular formula is C22H23N3O2. The molecule has 2 aromatic carbocycles. The summed E-state index contributed by atoms with van der Waals surface area (Å²) in [7, 11) is 5.57. The van der Waals surface area contributed by atoms with Crippen molar-refractivity contribution in [1.29, 1.82) is 0 Å². The van der Waals surface area contributed by atoms with Gasteiger partial charge in [0, 0.05) is 26.0 Å². The molecule has 0 saturated heterocycles. The molecule has 0 saturated carbocycles. The second-order valence-corrected chi connectivity index (χ2v) is 6.34. The Kier molecular flexibility index (Phi) is 5.71. The summed E-state index contributed by atoms with van der Waals surface area (Å²) >= 11 is 0. The Balaban J connectivity index is 1.95. The van der Waals surface area contributed by atoms with Crippen LogP contribution >= 0.6 is 0 Å². The largest absolute Gasteiger partial charge is 0.496 e. The monoisotopic (exact) mass is 361 g/mol. The average Bonchev–Trinajstić information content (AvgIpc) is 2.72.